The molecule has 0 radical (unpaired) electrons. The third-order valence-corrected chi connectivity index (χ3v) is 2.78. The van der Waals surface area contributed by atoms with Crippen molar-refractivity contribution in [2.45, 2.75) is 39.2 Å². The monoisotopic (exact) mass is 184 g/mol. The van der Waals surface area contributed by atoms with Crippen LogP contribution < -0.4 is 5.32 Å². The van der Waals surface area contributed by atoms with Crippen LogP contribution in [0.3, 0.4) is 0 Å². The number of hydrogen-bond acceptors (Lipinski definition) is 2. The molecule has 0 bridgehead atoms. The van der Waals surface area contributed by atoms with Crippen LogP contribution in [0.25, 0.3) is 0 Å². The van der Waals surface area contributed by atoms with Gasteiger partial charge in [0.1, 0.15) is 0 Å². The van der Waals surface area contributed by atoms with E-state index in [9.17, 15) is 0 Å². The summed E-state index contributed by atoms with van der Waals surface area (Å²) in [5.74, 6) is 0.832. The second kappa shape index (κ2) is 5.61. The van der Waals surface area contributed by atoms with Gasteiger partial charge in [0.2, 0.25) is 0 Å². The molecule has 0 aromatic carbocycles. The smallest absolute Gasteiger partial charge is 0.0195 e. The Hall–Kier alpha value is -0.0800. The van der Waals surface area contributed by atoms with Gasteiger partial charge in [0.05, 0.1) is 0 Å². The molecule has 78 valence electrons. The maximum Gasteiger partial charge on any atom is 0.0195 e. The predicted octanol–water partition coefficient (Wildman–Crippen LogP) is 1.72. The molecule has 0 saturated carbocycles. The number of likely N-dealkylation sites (N-methyl/N-ethyl adjacent to an activating group) is 1. The van der Waals surface area contributed by atoms with Crippen LogP contribution in [-0.2, 0) is 0 Å². The molecule has 1 heterocycles. The molecular formula is C11H24N2. The summed E-state index contributed by atoms with van der Waals surface area (Å²) in [6, 6.07) is 0.761. The minimum atomic E-state index is 0.761. The van der Waals surface area contributed by atoms with Gasteiger partial charge in [-0.05, 0) is 45.3 Å². The van der Waals surface area contributed by atoms with Crippen molar-refractivity contribution < 1.29 is 0 Å². The van der Waals surface area contributed by atoms with Crippen LogP contribution in [0, 0.1) is 5.92 Å². The highest BCUT2D eigenvalue weighted by Gasteiger charge is 2.15. The van der Waals surface area contributed by atoms with Crippen molar-refractivity contribution in [1.82, 2.24) is 10.2 Å². The summed E-state index contributed by atoms with van der Waals surface area (Å²) < 4.78 is 0. The molecule has 0 aromatic rings. The quantitative estimate of drug-likeness (QED) is 0.700. The van der Waals surface area contributed by atoms with Gasteiger partial charge in [-0.3, -0.25) is 0 Å². The molecule has 1 aliphatic rings. The van der Waals surface area contributed by atoms with Crippen molar-refractivity contribution >= 4 is 0 Å². The number of rotatable bonds is 5. The Morgan fingerprint density at radius 1 is 1.46 bits per heavy atom. The zero-order chi connectivity index (χ0) is 9.68. The average molecular weight is 184 g/mol. The third kappa shape index (κ3) is 4.63. The molecule has 1 atom stereocenters. The van der Waals surface area contributed by atoms with Crippen LogP contribution in [0.5, 0.6) is 0 Å². The van der Waals surface area contributed by atoms with Crippen LogP contribution in [-0.4, -0.2) is 37.6 Å². The van der Waals surface area contributed by atoms with E-state index in [1.807, 2.05) is 0 Å². The molecule has 2 heteroatoms. The standard InChI is InChI=1S/C11H24N2/c1-10(2)6-8-13(3)9-11-5-4-7-12-11/h10-12H,4-9H2,1-3H3/t11-/m1/s1. The van der Waals surface area contributed by atoms with Crippen LogP contribution in [0.15, 0.2) is 0 Å². The summed E-state index contributed by atoms with van der Waals surface area (Å²) in [5, 5.41) is 3.53. The van der Waals surface area contributed by atoms with E-state index in [1.54, 1.807) is 0 Å². The van der Waals surface area contributed by atoms with Crippen LogP contribution >= 0.6 is 0 Å². The van der Waals surface area contributed by atoms with E-state index in [1.165, 1.54) is 38.9 Å². The van der Waals surface area contributed by atoms with Gasteiger partial charge in [0.15, 0.2) is 0 Å². The van der Waals surface area contributed by atoms with E-state index in [-0.39, 0.29) is 0 Å². The molecule has 0 amide bonds. The van der Waals surface area contributed by atoms with Crippen molar-refractivity contribution in [2.75, 3.05) is 26.7 Å². The molecule has 0 spiro atoms. The molecular weight excluding hydrogens is 160 g/mol. The Bertz CT molecular complexity index is 128. The summed E-state index contributed by atoms with van der Waals surface area (Å²) in [6.45, 7) is 8.29. The molecule has 1 N–H and O–H groups in total. The van der Waals surface area contributed by atoms with E-state index in [0.29, 0.717) is 0 Å². The molecule has 13 heavy (non-hydrogen) atoms. The van der Waals surface area contributed by atoms with Gasteiger partial charge < -0.3 is 10.2 Å². The molecule has 1 rings (SSSR count). The lowest BCUT2D eigenvalue weighted by atomic mass is 10.1. The Balaban J connectivity index is 2.05. The Morgan fingerprint density at radius 2 is 2.23 bits per heavy atom. The van der Waals surface area contributed by atoms with Crippen molar-refractivity contribution in [3.63, 3.8) is 0 Å². The highest BCUT2D eigenvalue weighted by Crippen LogP contribution is 2.07. The predicted molar refractivity (Wildman–Crippen MR) is 58.0 cm³/mol. The van der Waals surface area contributed by atoms with Gasteiger partial charge in [-0.15, -0.1) is 0 Å². The number of nitrogens with zero attached hydrogens (tertiary/aromatic N) is 1. The minimum Gasteiger partial charge on any atom is -0.313 e. The molecule has 2 nitrogen and oxygen atoms in total. The first kappa shape index (κ1) is 11.0. The Morgan fingerprint density at radius 3 is 2.77 bits per heavy atom. The summed E-state index contributed by atoms with van der Waals surface area (Å²) >= 11 is 0. The lowest BCUT2D eigenvalue weighted by Crippen LogP contribution is -2.36. The summed E-state index contributed by atoms with van der Waals surface area (Å²) in [6.07, 6.45) is 4.05. The van der Waals surface area contributed by atoms with E-state index < -0.39 is 0 Å². The molecule has 1 aliphatic heterocycles. The van der Waals surface area contributed by atoms with Crippen LogP contribution in [0.2, 0.25) is 0 Å². The fourth-order valence-electron chi connectivity index (χ4n) is 1.86. The molecule has 0 unspecified atom stereocenters. The number of nitrogens with one attached hydrogen (secondary N) is 1. The molecule has 0 aliphatic carbocycles. The van der Waals surface area contributed by atoms with Crippen molar-refractivity contribution in [3.05, 3.63) is 0 Å². The summed E-state index contributed by atoms with van der Waals surface area (Å²) in [5.41, 5.74) is 0. The van der Waals surface area contributed by atoms with Crippen molar-refractivity contribution in [1.29, 1.82) is 0 Å². The fourth-order valence-corrected chi connectivity index (χ4v) is 1.86. The normalized spacial score (nSPS) is 23.3. The lowest BCUT2D eigenvalue weighted by Gasteiger charge is -2.21. The first-order chi connectivity index (χ1) is 6.18. The first-order valence-corrected chi connectivity index (χ1v) is 5.60. The summed E-state index contributed by atoms with van der Waals surface area (Å²) in [7, 11) is 2.24. The van der Waals surface area contributed by atoms with E-state index >= 15 is 0 Å². The first-order valence-electron chi connectivity index (χ1n) is 5.60. The zero-order valence-electron chi connectivity index (χ0n) is 9.34. The van der Waals surface area contributed by atoms with Gasteiger partial charge in [-0.1, -0.05) is 13.8 Å². The average Bonchev–Trinajstić information content (AvgIpc) is 2.53. The largest absolute Gasteiger partial charge is 0.313 e. The lowest BCUT2D eigenvalue weighted by molar-refractivity contribution is 0.283. The topological polar surface area (TPSA) is 15.3 Å². The van der Waals surface area contributed by atoms with Crippen molar-refractivity contribution in [3.8, 4) is 0 Å². The second-order valence-corrected chi connectivity index (χ2v) is 4.74. The molecule has 1 saturated heterocycles. The highest BCUT2D eigenvalue weighted by atomic mass is 15.1. The van der Waals surface area contributed by atoms with Gasteiger partial charge >= 0.3 is 0 Å². The van der Waals surface area contributed by atoms with Gasteiger partial charge in [0, 0.05) is 12.6 Å². The highest BCUT2D eigenvalue weighted by molar-refractivity contribution is 4.76. The molecule has 0 aromatic heterocycles. The maximum absolute atomic E-state index is 3.53. The minimum absolute atomic E-state index is 0.761. The number of hydrogen-bond donors (Lipinski definition) is 1. The van der Waals surface area contributed by atoms with Crippen LogP contribution in [0.1, 0.15) is 33.1 Å². The van der Waals surface area contributed by atoms with E-state index in [0.717, 1.165) is 12.0 Å². The van der Waals surface area contributed by atoms with Gasteiger partial charge in [0.25, 0.3) is 0 Å². The van der Waals surface area contributed by atoms with Crippen LogP contribution in [0.4, 0.5) is 0 Å². The van der Waals surface area contributed by atoms with Gasteiger partial charge in [-0.2, -0.15) is 0 Å². The fraction of sp³-hybridized carbons (Fsp3) is 1.00. The zero-order valence-corrected chi connectivity index (χ0v) is 9.34. The summed E-state index contributed by atoms with van der Waals surface area (Å²) in [4.78, 5) is 2.46. The molecule has 1 fully saturated rings. The SMILES string of the molecule is CC(C)CCN(C)C[C@H]1CCCN1. The second-order valence-electron chi connectivity index (χ2n) is 4.74. The van der Waals surface area contributed by atoms with E-state index in [4.69, 9.17) is 0 Å². The van der Waals surface area contributed by atoms with E-state index in [2.05, 4.69) is 31.1 Å². The third-order valence-electron chi connectivity index (χ3n) is 2.78. The van der Waals surface area contributed by atoms with Gasteiger partial charge in [-0.25, -0.2) is 0 Å². The Labute approximate surface area is 82.7 Å². The maximum atomic E-state index is 3.53. The Kier molecular flexibility index (Phi) is 4.74. The van der Waals surface area contributed by atoms with Crippen molar-refractivity contribution in [2.24, 2.45) is 5.92 Å².